The van der Waals surface area contributed by atoms with E-state index in [0.29, 0.717) is 0 Å². The molecule has 1 N–H and O–H groups in total. The Bertz CT molecular complexity index is 442. The minimum atomic E-state index is 0.802. The maximum absolute atomic E-state index is 5.71. The molecule has 3 nitrogen and oxygen atoms in total. The van der Waals surface area contributed by atoms with E-state index in [1.165, 1.54) is 4.90 Å². The Kier molecular flexibility index (Phi) is 4.64. The van der Waals surface area contributed by atoms with Crippen LogP contribution in [0.2, 0.25) is 0 Å². The van der Waals surface area contributed by atoms with Crippen LogP contribution < -0.4 is 5.32 Å². The van der Waals surface area contributed by atoms with Crippen molar-refractivity contribution < 1.29 is 4.42 Å². The first-order chi connectivity index (χ1) is 8.38. The lowest BCUT2D eigenvalue weighted by Gasteiger charge is -1.99. The predicted molar refractivity (Wildman–Crippen MR) is 69.9 cm³/mol. The molecule has 0 aliphatic rings. The van der Waals surface area contributed by atoms with Crippen LogP contribution in [0.25, 0.3) is 0 Å². The van der Waals surface area contributed by atoms with Crippen molar-refractivity contribution in [2.45, 2.75) is 24.1 Å². The van der Waals surface area contributed by atoms with Gasteiger partial charge in [0.1, 0.15) is 11.5 Å². The van der Waals surface area contributed by atoms with Crippen molar-refractivity contribution >= 4 is 11.8 Å². The highest BCUT2D eigenvalue weighted by Gasteiger charge is 2.02. The minimum absolute atomic E-state index is 0.802. The van der Waals surface area contributed by atoms with Gasteiger partial charge in [-0.3, -0.25) is 4.98 Å². The Labute approximate surface area is 106 Å². The zero-order valence-electron chi connectivity index (χ0n) is 9.85. The van der Waals surface area contributed by atoms with Crippen LogP contribution in [0, 0.1) is 0 Å². The number of hydrogen-bond acceptors (Lipinski definition) is 4. The molecule has 2 rings (SSSR count). The molecule has 0 aliphatic carbocycles. The molecule has 2 aromatic heterocycles. The maximum atomic E-state index is 5.71. The van der Waals surface area contributed by atoms with Crippen molar-refractivity contribution in [2.24, 2.45) is 0 Å². The van der Waals surface area contributed by atoms with Gasteiger partial charge in [-0.1, -0.05) is 6.92 Å². The van der Waals surface area contributed by atoms with Gasteiger partial charge in [-0.15, -0.1) is 11.8 Å². The fraction of sp³-hybridized carbons (Fsp3) is 0.308. The van der Waals surface area contributed by atoms with Gasteiger partial charge in [0.2, 0.25) is 0 Å². The van der Waals surface area contributed by atoms with E-state index in [4.69, 9.17) is 4.42 Å². The van der Waals surface area contributed by atoms with E-state index in [1.807, 2.05) is 24.3 Å². The third-order valence-corrected chi connectivity index (χ3v) is 3.33. The normalized spacial score (nSPS) is 10.6. The Hall–Kier alpha value is -1.26. The molecule has 0 fully saturated rings. The second-order valence-electron chi connectivity index (χ2n) is 3.62. The number of aromatic nitrogens is 1. The predicted octanol–water partition coefficient (Wildman–Crippen LogP) is 3.08. The summed E-state index contributed by atoms with van der Waals surface area (Å²) in [5.41, 5.74) is 0. The quantitative estimate of drug-likeness (QED) is 0.797. The van der Waals surface area contributed by atoms with Gasteiger partial charge in [0, 0.05) is 17.3 Å². The summed E-state index contributed by atoms with van der Waals surface area (Å²) >= 11 is 1.76. The molecule has 4 heteroatoms. The second kappa shape index (κ2) is 6.47. The van der Waals surface area contributed by atoms with Crippen molar-refractivity contribution in [2.75, 3.05) is 6.54 Å². The number of hydrogen-bond donors (Lipinski definition) is 1. The number of nitrogens with one attached hydrogen (secondary N) is 1. The second-order valence-corrected chi connectivity index (χ2v) is 4.67. The van der Waals surface area contributed by atoms with Crippen molar-refractivity contribution in [1.82, 2.24) is 10.3 Å². The van der Waals surface area contributed by atoms with Gasteiger partial charge in [-0.2, -0.15) is 0 Å². The summed E-state index contributed by atoms with van der Waals surface area (Å²) in [6, 6.07) is 8.09. The molecule has 0 saturated heterocycles. The zero-order chi connectivity index (χ0) is 11.9. The molecular formula is C13H16N2OS. The van der Waals surface area contributed by atoms with E-state index in [0.717, 1.165) is 30.4 Å². The molecule has 0 amide bonds. The largest absolute Gasteiger partial charge is 0.464 e. The molecule has 0 aromatic carbocycles. The number of nitrogens with zero attached hydrogens (tertiary/aromatic N) is 1. The van der Waals surface area contributed by atoms with E-state index < -0.39 is 0 Å². The van der Waals surface area contributed by atoms with Crippen LogP contribution in [0.3, 0.4) is 0 Å². The first kappa shape index (κ1) is 12.2. The molecule has 0 aliphatic heterocycles. The van der Waals surface area contributed by atoms with Crippen LogP contribution in [0.5, 0.6) is 0 Å². The lowest BCUT2D eigenvalue weighted by molar-refractivity contribution is 0.463. The molecule has 2 aromatic rings. The lowest BCUT2D eigenvalue weighted by atomic mass is 10.4. The van der Waals surface area contributed by atoms with Gasteiger partial charge in [-0.05, 0) is 30.8 Å². The average molecular weight is 248 g/mol. The fourth-order valence-corrected chi connectivity index (χ4v) is 2.21. The van der Waals surface area contributed by atoms with Gasteiger partial charge in [0.15, 0.2) is 0 Å². The standard InChI is InChI=1S/C13H16N2OS/c1-2-14-9-11-3-4-12(16-11)10-17-13-5-7-15-8-6-13/h3-8,14H,2,9-10H2,1H3. The van der Waals surface area contributed by atoms with E-state index in [-0.39, 0.29) is 0 Å². The van der Waals surface area contributed by atoms with Crippen molar-refractivity contribution in [3.05, 3.63) is 48.2 Å². The van der Waals surface area contributed by atoms with Crippen LogP contribution in [0.1, 0.15) is 18.4 Å². The average Bonchev–Trinajstić information content (AvgIpc) is 2.83. The first-order valence-electron chi connectivity index (χ1n) is 5.69. The van der Waals surface area contributed by atoms with Gasteiger partial charge in [-0.25, -0.2) is 0 Å². The molecule has 0 saturated carbocycles. The molecule has 2 heterocycles. The first-order valence-corrected chi connectivity index (χ1v) is 6.68. The molecule has 0 spiro atoms. The van der Waals surface area contributed by atoms with Crippen molar-refractivity contribution in [1.29, 1.82) is 0 Å². The Morgan fingerprint density at radius 2 is 1.94 bits per heavy atom. The van der Waals surface area contributed by atoms with Crippen molar-refractivity contribution in [3.63, 3.8) is 0 Å². The highest BCUT2D eigenvalue weighted by molar-refractivity contribution is 7.98. The van der Waals surface area contributed by atoms with Crippen LogP contribution in [-0.4, -0.2) is 11.5 Å². The molecular weight excluding hydrogens is 232 g/mol. The molecule has 0 atom stereocenters. The summed E-state index contributed by atoms with van der Waals surface area (Å²) in [6.45, 7) is 3.85. The highest BCUT2D eigenvalue weighted by Crippen LogP contribution is 2.22. The Morgan fingerprint density at radius 3 is 2.71 bits per heavy atom. The summed E-state index contributed by atoms with van der Waals surface area (Å²) in [6.07, 6.45) is 3.61. The van der Waals surface area contributed by atoms with Gasteiger partial charge in [0.25, 0.3) is 0 Å². The van der Waals surface area contributed by atoms with E-state index in [1.54, 1.807) is 24.2 Å². The van der Waals surface area contributed by atoms with Crippen LogP contribution >= 0.6 is 11.8 Å². The van der Waals surface area contributed by atoms with E-state index >= 15 is 0 Å². The maximum Gasteiger partial charge on any atom is 0.117 e. The Balaban J connectivity index is 1.85. The Morgan fingerprint density at radius 1 is 1.18 bits per heavy atom. The highest BCUT2D eigenvalue weighted by atomic mass is 32.2. The SMILES string of the molecule is CCNCc1ccc(CSc2ccncc2)o1. The molecule has 0 radical (unpaired) electrons. The summed E-state index contributed by atoms with van der Waals surface area (Å²) in [7, 11) is 0. The number of furan rings is 1. The van der Waals surface area contributed by atoms with Crippen LogP contribution in [-0.2, 0) is 12.3 Å². The summed E-state index contributed by atoms with van der Waals surface area (Å²) in [4.78, 5) is 5.21. The number of pyridine rings is 1. The number of rotatable bonds is 6. The van der Waals surface area contributed by atoms with Crippen LogP contribution in [0.15, 0.2) is 46.0 Å². The smallest absolute Gasteiger partial charge is 0.117 e. The molecule has 0 bridgehead atoms. The molecule has 0 unspecified atom stereocenters. The third kappa shape index (κ3) is 3.91. The van der Waals surface area contributed by atoms with Gasteiger partial charge in [0.05, 0.1) is 12.3 Å². The third-order valence-electron chi connectivity index (χ3n) is 2.30. The van der Waals surface area contributed by atoms with Crippen LogP contribution in [0.4, 0.5) is 0 Å². The summed E-state index contributed by atoms with van der Waals surface area (Å²) < 4.78 is 5.71. The minimum Gasteiger partial charge on any atom is -0.464 e. The monoisotopic (exact) mass is 248 g/mol. The molecule has 90 valence electrons. The topological polar surface area (TPSA) is 38.1 Å². The molecule has 17 heavy (non-hydrogen) atoms. The fourth-order valence-electron chi connectivity index (χ4n) is 1.43. The zero-order valence-corrected chi connectivity index (χ0v) is 10.7. The van der Waals surface area contributed by atoms with Gasteiger partial charge < -0.3 is 9.73 Å². The summed E-state index contributed by atoms with van der Waals surface area (Å²) in [5.74, 6) is 2.87. The summed E-state index contributed by atoms with van der Waals surface area (Å²) in [5, 5.41) is 3.24. The number of thioether (sulfide) groups is 1. The van der Waals surface area contributed by atoms with Gasteiger partial charge >= 0.3 is 0 Å². The van der Waals surface area contributed by atoms with E-state index in [2.05, 4.69) is 17.2 Å². The van der Waals surface area contributed by atoms with E-state index in [9.17, 15) is 0 Å². The lowest BCUT2D eigenvalue weighted by Crippen LogP contribution is -2.10. The van der Waals surface area contributed by atoms with Crippen molar-refractivity contribution in [3.8, 4) is 0 Å².